The first-order valence-corrected chi connectivity index (χ1v) is 6.36. The number of halogens is 5. The van der Waals surface area contributed by atoms with Gasteiger partial charge in [0.1, 0.15) is 0 Å². The number of urea groups is 1. The number of rotatable bonds is 2. The number of aliphatic hydroxyl groups excluding tert-OH is 1. The van der Waals surface area contributed by atoms with Crippen LogP contribution in [0.5, 0.6) is 0 Å². The summed E-state index contributed by atoms with van der Waals surface area (Å²) in [5.41, 5.74) is 0.374. The van der Waals surface area contributed by atoms with E-state index in [4.69, 9.17) is 58.0 Å². The normalized spacial score (nSPS) is 13.0. The minimum Gasteiger partial charge on any atom is -0.369 e. The molecule has 2 amide bonds. The van der Waals surface area contributed by atoms with Crippen LogP contribution in [0.4, 0.5) is 10.5 Å². The highest BCUT2D eigenvalue weighted by atomic mass is 35.6. The van der Waals surface area contributed by atoms with E-state index in [0.29, 0.717) is 10.7 Å². The van der Waals surface area contributed by atoms with Crippen LogP contribution in [0, 0.1) is 0 Å². The zero-order chi connectivity index (χ0) is 13.9. The maximum absolute atomic E-state index is 11.4. The summed E-state index contributed by atoms with van der Waals surface area (Å²) in [6.45, 7) is 0. The second-order valence-electron chi connectivity index (χ2n) is 3.17. The first-order valence-electron chi connectivity index (χ1n) is 4.47. The molecule has 0 spiro atoms. The summed E-state index contributed by atoms with van der Waals surface area (Å²) >= 11 is 27.6. The molecule has 0 saturated carbocycles. The Balaban J connectivity index is 2.62. The smallest absolute Gasteiger partial charge is 0.321 e. The summed E-state index contributed by atoms with van der Waals surface area (Å²) in [4.78, 5) is 11.4. The van der Waals surface area contributed by atoms with Crippen molar-refractivity contribution in [3.8, 4) is 0 Å². The molecule has 0 aliphatic carbocycles. The van der Waals surface area contributed by atoms with Crippen LogP contribution in [0.3, 0.4) is 0 Å². The number of alkyl halides is 3. The van der Waals surface area contributed by atoms with Crippen LogP contribution in [0.25, 0.3) is 0 Å². The molecule has 1 rings (SSSR count). The van der Waals surface area contributed by atoms with Gasteiger partial charge in [0.2, 0.25) is 3.79 Å². The maximum atomic E-state index is 11.4. The van der Waals surface area contributed by atoms with Crippen LogP contribution in [0.2, 0.25) is 10.0 Å². The molecule has 0 fully saturated rings. The molecule has 0 saturated heterocycles. The van der Waals surface area contributed by atoms with Gasteiger partial charge in [0.05, 0.1) is 10.0 Å². The first kappa shape index (κ1) is 16.0. The zero-order valence-corrected chi connectivity index (χ0v) is 12.3. The predicted molar refractivity (Wildman–Crippen MR) is 74.9 cm³/mol. The van der Waals surface area contributed by atoms with E-state index >= 15 is 0 Å². The van der Waals surface area contributed by atoms with Gasteiger partial charge in [0, 0.05) is 5.69 Å². The largest absolute Gasteiger partial charge is 0.369 e. The van der Waals surface area contributed by atoms with Crippen LogP contribution in [-0.2, 0) is 0 Å². The summed E-state index contributed by atoms with van der Waals surface area (Å²) in [6.07, 6.45) is -1.65. The average Bonchev–Trinajstić information content (AvgIpc) is 2.22. The molecule has 0 aliphatic rings. The molecule has 0 aromatic heterocycles. The molecule has 1 unspecified atom stereocenters. The van der Waals surface area contributed by atoms with Gasteiger partial charge in [-0.05, 0) is 18.2 Å². The summed E-state index contributed by atoms with van der Waals surface area (Å²) in [7, 11) is 0. The fourth-order valence-electron chi connectivity index (χ4n) is 0.947. The minimum atomic E-state index is -2.02. The molecule has 1 aromatic rings. The maximum Gasteiger partial charge on any atom is 0.321 e. The molecule has 1 aromatic carbocycles. The van der Waals surface area contributed by atoms with E-state index in [-0.39, 0.29) is 5.02 Å². The number of nitrogens with one attached hydrogen (secondary N) is 2. The van der Waals surface area contributed by atoms with E-state index in [9.17, 15) is 9.90 Å². The number of hydrogen-bond acceptors (Lipinski definition) is 2. The monoisotopic (exact) mass is 350 g/mol. The lowest BCUT2D eigenvalue weighted by molar-refractivity contribution is 0.148. The summed E-state index contributed by atoms with van der Waals surface area (Å²) < 4.78 is -2.02. The predicted octanol–water partition coefficient (Wildman–Crippen LogP) is 3.80. The molecule has 0 heterocycles. The highest BCUT2D eigenvalue weighted by molar-refractivity contribution is 6.68. The molecule has 1 atom stereocenters. The third kappa shape index (κ3) is 4.88. The van der Waals surface area contributed by atoms with Crippen molar-refractivity contribution in [2.75, 3.05) is 5.32 Å². The van der Waals surface area contributed by atoms with E-state index in [1.807, 2.05) is 5.32 Å². The molecular weight excluding hydrogens is 345 g/mol. The molecule has 0 bridgehead atoms. The van der Waals surface area contributed by atoms with Crippen molar-refractivity contribution in [2.24, 2.45) is 0 Å². The lowest BCUT2D eigenvalue weighted by atomic mass is 10.3. The van der Waals surface area contributed by atoms with Crippen molar-refractivity contribution in [3.05, 3.63) is 28.2 Å². The van der Waals surface area contributed by atoms with Gasteiger partial charge in [-0.2, -0.15) is 0 Å². The Kier molecular flexibility index (Phi) is 5.65. The average molecular weight is 352 g/mol. The molecule has 9 heteroatoms. The Morgan fingerprint density at radius 1 is 1.22 bits per heavy atom. The lowest BCUT2D eigenvalue weighted by Gasteiger charge is -2.20. The Morgan fingerprint density at radius 3 is 2.33 bits per heavy atom. The Morgan fingerprint density at radius 2 is 1.83 bits per heavy atom. The number of amides is 2. The van der Waals surface area contributed by atoms with Gasteiger partial charge in [0.15, 0.2) is 6.23 Å². The Hall–Kier alpha value is -0.100. The van der Waals surface area contributed by atoms with Gasteiger partial charge in [0.25, 0.3) is 0 Å². The van der Waals surface area contributed by atoms with Crippen molar-refractivity contribution in [1.29, 1.82) is 0 Å². The lowest BCUT2D eigenvalue weighted by Crippen LogP contribution is -2.45. The van der Waals surface area contributed by atoms with Crippen LogP contribution in [-0.4, -0.2) is 21.2 Å². The van der Waals surface area contributed by atoms with Gasteiger partial charge in [-0.3, -0.25) is 0 Å². The molecule has 100 valence electrons. The van der Waals surface area contributed by atoms with E-state index in [2.05, 4.69) is 5.32 Å². The zero-order valence-electron chi connectivity index (χ0n) is 8.55. The minimum absolute atomic E-state index is 0.274. The summed E-state index contributed by atoms with van der Waals surface area (Å²) in [5.74, 6) is 0. The number of anilines is 1. The van der Waals surface area contributed by atoms with E-state index in [1.165, 1.54) is 18.2 Å². The quantitative estimate of drug-likeness (QED) is 0.560. The first-order chi connectivity index (χ1) is 8.20. The van der Waals surface area contributed by atoms with Gasteiger partial charge in [-0.15, -0.1) is 0 Å². The molecule has 4 nitrogen and oxygen atoms in total. The third-order valence-corrected chi connectivity index (χ3v) is 3.11. The number of carbonyl (C=O) groups excluding carboxylic acids is 1. The SMILES string of the molecule is O=C(Nc1ccc(Cl)c(Cl)c1)NC(O)C(Cl)(Cl)Cl. The summed E-state index contributed by atoms with van der Waals surface area (Å²) in [5, 5.41) is 14.4. The van der Waals surface area contributed by atoms with Crippen LogP contribution >= 0.6 is 58.0 Å². The highest BCUT2D eigenvalue weighted by Crippen LogP contribution is 2.29. The standard InChI is InChI=1S/C9H7Cl5N2O2/c10-5-2-1-4(3-6(5)11)15-8(18)16-7(17)9(12,13)14/h1-3,7,17H,(H2,15,16,18). The fraction of sp³-hybridized carbons (Fsp3) is 0.222. The second-order valence-corrected chi connectivity index (χ2v) is 6.35. The van der Waals surface area contributed by atoms with Crippen LogP contribution < -0.4 is 10.6 Å². The topological polar surface area (TPSA) is 61.4 Å². The van der Waals surface area contributed by atoms with Crippen molar-refractivity contribution >= 4 is 69.7 Å². The van der Waals surface area contributed by atoms with E-state index in [1.54, 1.807) is 0 Å². The highest BCUT2D eigenvalue weighted by Gasteiger charge is 2.32. The van der Waals surface area contributed by atoms with Crippen LogP contribution in [0.1, 0.15) is 0 Å². The molecule has 3 N–H and O–H groups in total. The van der Waals surface area contributed by atoms with Crippen molar-refractivity contribution in [1.82, 2.24) is 5.32 Å². The number of benzene rings is 1. The molecule has 18 heavy (non-hydrogen) atoms. The number of carbonyl (C=O) groups is 1. The third-order valence-electron chi connectivity index (χ3n) is 1.76. The van der Waals surface area contributed by atoms with Gasteiger partial charge >= 0.3 is 6.03 Å². The van der Waals surface area contributed by atoms with E-state index in [0.717, 1.165) is 0 Å². The Bertz CT molecular complexity index is 449. The van der Waals surface area contributed by atoms with Crippen molar-refractivity contribution in [3.63, 3.8) is 0 Å². The fourth-order valence-corrected chi connectivity index (χ4v) is 1.41. The van der Waals surface area contributed by atoms with Gasteiger partial charge in [-0.1, -0.05) is 58.0 Å². The number of hydrogen-bond donors (Lipinski definition) is 3. The van der Waals surface area contributed by atoms with Crippen molar-refractivity contribution < 1.29 is 9.90 Å². The van der Waals surface area contributed by atoms with Crippen molar-refractivity contribution in [2.45, 2.75) is 10.0 Å². The van der Waals surface area contributed by atoms with Gasteiger partial charge < -0.3 is 15.7 Å². The second kappa shape index (κ2) is 6.37. The summed E-state index contributed by atoms with van der Waals surface area (Å²) in [6, 6.07) is 3.71. The molecule has 0 aliphatic heterocycles. The molecule has 0 radical (unpaired) electrons. The van der Waals surface area contributed by atoms with Gasteiger partial charge in [-0.25, -0.2) is 4.79 Å². The number of aliphatic hydroxyl groups is 1. The molecular formula is C9H7Cl5N2O2. The Labute approximate surface area is 128 Å². The van der Waals surface area contributed by atoms with E-state index < -0.39 is 16.1 Å². The van der Waals surface area contributed by atoms with Crippen LogP contribution in [0.15, 0.2) is 18.2 Å².